The number of aromatic nitrogens is 1. The van der Waals surface area contributed by atoms with Gasteiger partial charge in [-0.05, 0) is 62.4 Å². The Morgan fingerprint density at radius 1 is 1.10 bits per heavy atom. The van der Waals surface area contributed by atoms with E-state index in [1.165, 1.54) is 23.5 Å². The molecule has 0 unspecified atom stereocenters. The molecule has 0 aliphatic heterocycles. The zero-order valence-corrected chi connectivity index (χ0v) is 16.8. The van der Waals surface area contributed by atoms with Gasteiger partial charge in [-0.2, -0.15) is 0 Å². The number of aryl methyl sites for hydroxylation is 1. The Hall–Kier alpha value is -3.26. The van der Waals surface area contributed by atoms with E-state index in [1.54, 1.807) is 36.4 Å². The van der Waals surface area contributed by atoms with Crippen LogP contribution in [0.1, 0.15) is 22.2 Å². The van der Waals surface area contributed by atoms with Gasteiger partial charge in [-0.1, -0.05) is 0 Å². The van der Waals surface area contributed by atoms with Gasteiger partial charge < -0.3 is 15.4 Å². The summed E-state index contributed by atoms with van der Waals surface area (Å²) >= 11 is 1.32. The lowest BCUT2D eigenvalue weighted by atomic mass is 10.1. The monoisotopic (exact) mass is 413 g/mol. The highest BCUT2D eigenvalue weighted by Crippen LogP contribution is 2.30. The van der Waals surface area contributed by atoms with E-state index >= 15 is 0 Å². The molecule has 0 bridgehead atoms. The van der Waals surface area contributed by atoms with E-state index in [9.17, 15) is 14.0 Å². The third-order valence-corrected chi connectivity index (χ3v) is 4.88. The highest BCUT2D eigenvalue weighted by molar-refractivity contribution is 7.16. The molecule has 8 heteroatoms. The second-order valence-corrected chi connectivity index (χ2v) is 7.32. The number of carbonyl (C=O) groups excluding carboxylic acids is 2. The van der Waals surface area contributed by atoms with Gasteiger partial charge in [0.25, 0.3) is 5.91 Å². The second-order valence-electron chi connectivity index (χ2n) is 6.12. The molecule has 0 radical (unpaired) electrons. The molecule has 0 saturated carbocycles. The van der Waals surface area contributed by atoms with Crippen molar-refractivity contribution in [3.63, 3.8) is 0 Å². The first-order valence-electron chi connectivity index (χ1n) is 9.00. The van der Waals surface area contributed by atoms with Gasteiger partial charge in [0.05, 0.1) is 18.8 Å². The van der Waals surface area contributed by atoms with Crippen molar-refractivity contribution in [2.24, 2.45) is 0 Å². The van der Waals surface area contributed by atoms with Gasteiger partial charge in [0.15, 0.2) is 5.13 Å². The van der Waals surface area contributed by atoms with E-state index in [0.29, 0.717) is 28.7 Å². The highest BCUT2D eigenvalue weighted by Gasteiger charge is 2.13. The van der Waals surface area contributed by atoms with Gasteiger partial charge in [-0.3, -0.25) is 9.59 Å². The van der Waals surface area contributed by atoms with Crippen LogP contribution >= 0.6 is 11.3 Å². The molecular weight excluding hydrogens is 393 g/mol. The number of hydrogen-bond acceptors (Lipinski definition) is 5. The van der Waals surface area contributed by atoms with Crippen molar-refractivity contribution in [1.29, 1.82) is 0 Å². The molecule has 0 spiro atoms. The highest BCUT2D eigenvalue weighted by atomic mass is 32.1. The first-order valence-corrected chi connectivity index (χ1v) is 9.82. The molecule has 2 amide bonds. The van der Waals surface area contributed by atoms with Crippen LogP contribution in [-0.4, -0.2) is 29.9 Å². The number of thiazole rings is 1. The van der Waals surface area contributed by atoms with Crippen LogP contribution in [0.2, 0.25) is 0 Å². The van der Waals surface area contributed by atoms with E-state index < -0.39 is 0 Å². The zero-order chi connectivity index (χ0) is 20.8. The van der Waals surface area contributed by atoms with Crippen molar-refractivity contribution in [3.05, 3.63) is 64.8 Å². The van der Waals surface area contributed by atoms with E-state index in [0.717, 1.165) is 10.4 Å². The smallest absolute Gasteiger partial charge is 0.251 e. The number of amides is 2. The fourth-order valence-corrected chi connectivity index (χ4v) is 3.47. The average Bonchev–Trinajstić information content (AvgIpc) is 3.07. The van der Waals surface area contributed by atoms with Crippen LogP contribution in [0.25, 0.3) is 11.3 Å². The minimum absolute atomic E-state index is 0.184. The van der Waals surface area contributed by atoms with Crippen molar-refractivity contribution in [2.75, 3.05) is 18.5 Å². The lowest BCUT2D eigenvalue weighted by Crippen LogP contribution is -2.32. The van der Waals surface area contributed by atoms with Crippen LogP contribution in [0.15, 0.2) is 48.5 Å². The Morgan fingerprint density at radius 3 is 2.45 bits per heavy atom. The molecule has 0 saturated heterocycles. The standard InChI is InChI=1S/C21H20FN3O3S/c1-3-28-17-10-6-15(7-11-17)20(27)23-12-18(26)24-21-25-19(13(2)29-21)14-4-8-16(22)9-5-14/h4-11H,3,12H2,1-2H3,(H,23,27)(H,24,25,26). The maximum Gasteiger partial charge on any atom is 0.251 e. The number of hydrogen-bond donors (Lipinski definition) is 2. The Bertz CT molecular complexity index is 1000. The summed E-state index contributed by atoms with van der Waals surface area (Å²) in [5.41, 5.74) is 1.89. The molecule has 150 valence electrons. The maximum atomic E-state index is 13.1. The van der Waals surface area contributed by atoms with Gasteiger partial charge in [0, 0.05) is 16.0 Å². The lowest BCUT2D eigenvalue weighted by Gasteiger charge is -2.06. The number of halogens is 1. The Labute approximate surface area is 171 Å². The molecule has 2 aromatic carbocycles. The molecule has 2 N–H and O–H groups in total. The fourth-order valence-electron chi connectivity index (χ4n) is 2.62. The van der Waals surface area contributed by atoms with Crippen LogP contribution in [0.3, 0.4) is 0 Å². The predicted octanol–water partition coefficient (Wildman–Crippen LogP) is 4.02. The Morgan fingerprint density at radius 2 is 1.79 bits per heavy atom. The van der Waals surface area contributed by atoms with E-state index in [1.807, 2.05) is 13.8 Å². The normalized spacial score (nSPS) is 10.4. The van der Waals surface area contributed by atoms with E-state index in [4.69, 9.17) is 4.74 Å². The van der Waals surface area contributed by atoms with Crippen molar-refractivity contribution < 1.29 is 18.7 Å². The molecule has 0 fully saturated rings. The number of benzene rings is 2. The molecule has 1 aromatic heterocycles. The van der Waals surface area contributed by atoms with Crippen LogP contribution in [0.4, 0.5) is 9.52 Å². The SMILES string of the molecule is CCOc1ccc(C(=O)NCC(=O)Nc2nc(-c3ccc(F)cc3)c(C)s2)cc1. The molecule has 0 aliphatic carbocycles. The maximum absolute atomic E-state index is 13.1. The summed E-state index contributed by atoms with van der Waals surface area (Å²) in [6.07, 6.45) is 0. The third kappa shape index (κ3) is 5.39. The molecule has 6 nitrogen and oxygen atoms in total. The molecule has 0 aliphatic rings. The predicted molar refractivity (Wildman–Crippen MR) is 111 cm³/mol. The van der Waals surface area contributed by atoms with Crippen molar-refractivity contribution in [3.8, 4) is 17.0 Å². The lowest BCUT2D eigenvalue weighted by molar-refractivity contribution is -0.115. The largest absolute Gasteiger partial charge is 0.494 e. The van der Waals surface area contributed by atoms with Gasteiger partial charge >= 0.3 is 0 Å². The van der Waals surface area contributed by atoms with Crippen LogP contribution in [-0.2, 0) is 4.79 Å². The minimum Gasteiger partial charge on any atom is -0.494 e. The quantitative estimate of drug-likeness (QED) is 0.613. The van der Waals surface area contributed by atoms with Gasteiger partial charge in [-0.25, -0.2) is 9.37 Å². The minimum atomic E-state index is -0.385. The zero-order valence-electron chi connectivity index (χ0n) is 16.0. The molecule has 3 rings (SSSR count). The average molecular weight is 413 g/mol. The van der Waals surface area contributed by atoms with Crippen LogP contribution in [0.5, 0.6) is 5.75 Å². The van der Waals surface area contributed by atoms with Crippen molar-refractivity contribution in [2.45, 2.75) is 13.8 Å². The number of anilines is 1. The molecule has 0 atom stereocenters. The number of rotatable bonds is 7. The first-order chi connectivity index (χ1) is 14.0. The summed E-state index contributed by atoms with van der Waals surface area (Å²) in [6, 6.07) is 12.7. The summed E-state index contributed by atoms with van der Waals surface area (Å²) in [7, 11) is 0. The Kier molecular flexibility index (Phi) is 6.56. The first kappa shape index (κ1) is 20.5. The number of carbonyl (C=O) groups is 2. The van der Waals surface area contributed by atoms with Crippen LogP contribution < -0.4 is 15.4 Å². The summed E-state index contributed by atoms with van der Waals surface area (Å²) in [4.78, 5) is 29.6. The summed E-state index contributed by atoms with van der Waals surface area (Å²) < 4.78 is 18.4. The van der Waals surface area contributed by atoms with Gasteiger partial charge in [-0.15, -0.1) is 11.3 Å². The molecular formula is C21H20FN3O3S. The van der Waals surface area contributed by atoms with Gasteiger partial charge in [0.2, 0.25) is 5.91 Å². The van der Waals surface area contributed by atoms with Crippen LogP contribution in [0, 0.1) is 12.7 Å². The Balaban J connectivity index is 1.56. The summed E-state index contributed by atoms with van der Waals surface area (Å²) in [5.74, 6) is -0.384. The topological polar surface area (TPSA) is 80.3 Å². The second kappa shape index (κ2) is 9.29. The molecule has 3 aromatic rings. The number of ether oxygens (including phenoxy) is 1. The fraction of sp³-hybridized carbons (Fsp3) is 0.190. The number of nitrogens with zero attached hydrogens (tertiary/aromatic N) is 1. The summed E-state index contributed by atoms with van der Waals surface area (Å²) in [5, 5.41) is 5.67. The van der Waals surface area contributed by atoms with Crippen molar-refractivity contribution in [1.82, 2.24) is 10.3 Å². The van der Waals surface area contributed by atoms with E-state index in [2.05, 4.69) is 15.6 Å². The van der Waals surface area contributed by atoms with Crippen molar-refractivity contribution >= 4 is 28.3 Å². The summed E-state index contributed by atoms with van der Waals surface area (Å²) in [6.45, 7) is 4.12. The number of nitrogens with one attached hydrogen (secondary N) is 2. The molecule has 29 heavy (non-hydrogen) atoms. The van der Waals surface area contributed by atoms with Gasteiger partial charge in [0.1, 0.15) is 11.6 Å². The van der Waals surface area contributed by atoms with E-state index in [-0.39, 0.29) is 24.2 Å². The molecule has 1 heterocycles. The third-order valence-electron chi connectivity index (χ3n) is 4.00.